The van der Waals surface area contributed by atoms with Gasteiger partial charge < -0.3 is 20.3 Å². The Morgan fingerprint density at radius 3 is 2.87 bits per heavy atom. The summed E-state index contributed by atoms with van der Waals surface area (Å²) in [6.07, 6.45) is 0. The summed E-state index contributed by atoms with van der Waals surface area (Å²) in [5.41, 5.74) is 5.96. The Balaban J connectivity index is 2.48. The molecule has 0 bridgehead atoms. The van der Waals surface area contributed by atoms with Crippen LogP contribution < -0.4 is 15.2 Å². The van der Waals surface area contributed by atoms with E-state index in [1.165, 1.54) is 0 Å². The predicted octanol–water partition coefficient (Wildman–Crippen LogP) is 0.624. The summed E-state index contributed by atoms with van der Waals surface area (Å²) in [5, 5.41) is 9.23. The van der Waals surface area contributed by atoms with Gasteiger partial charge >= 0.3 is 0 Å². The molecule has 0 saturated carbocycles. The molecule has 0 spiro atoms. The number of nitrogens with two attached hydrogens (primary N) is 1. The number of para-hydroxylation sites is 1. The normalized spacial score (nSPS) is 18.3. The van der Waals surface area contributed by atoms with E-state index in [1.54, 1.807) is 6.92 Å². The SMILES string of the molecule is CC(N)(CO)c1cccc2c1OCCO2. The second-order valence-electron chi connectivity index (χ2n) is 3.91. The molecule has 0 aliphatic carbocycles. The Hall–Kier alpha value is -1.26. The third-order valence-corrected chi connectivity index (χ3v) is 2.51. The number of hydrogen-bond donors (Lipinski definition) is 2. The number of hydrogen-bond acceptors (Lipinski definition) is 4. The molecule has 0 radical (unpaired) electrons. The lowest BCUT2D eigenvalue weighted by molar-refractivity contribution is 0.159. The molecule has 1 atom stereocenters. The second-order valence-corrected chi connectivity index (χ2v) is 3.91. The molecule has 1 aromatic rings. The van der Waals surface area contributed by atoms with Gasteiger partial charge in [-0.2, -0.15) is 0 Å². The van der Waals surface area contributed by atoms with Crippen LogP contribution in [0.15, 0.2) is 18.2 Å². The Labute approximate surface area is 88.6 Å². The zero-order valence-corrected chi connectivity index (χ0v) is 8.69. The number of aliphatic hydroxyl groups excluding tert-OH is 1. The predicted molar refractivity (Wildman–Crippen MR) is 56.1 cm³/mol. The van der Waals surface area contributed by atoms with Crippen LogP contribution >= 0.6 is 0 Å². The summed E-state index contributed by atoms with van der Waals surface area (Å²) in [4.78, 5) is 0. The van der Waals surface area contributed by atoms with Crippen LogP contribution in [-0.4, -0.2) is 24.9 Å². The quantitative estimate of drug-likeness (QED) is 0.749. The van der Waals surface area contributed by atoms with Crippen LogP contribution in [0.5, 0.6) is 11.5 Å². The fourth-order valence-corrected chi connectivity index (χ4v) is 1.61. The molecule has 1 aromatic carbocycles. The molecular weight excluding hydrogens is 194 g/mol. The van der Waals surface area contributed by atoms with Gasteiger partial charge in [-0.05, 0) is 13.0 Å². The highest BCUT2D eigenvalue weighted by Gasteiger charge is 2.27. The van der Waals surface area contributed by atoms with Crippen molar-refractivity contribution in [3.05, 3.63) is 23.8 Å². The largest absolute Gasteiger partial charge is 0.486 e. The van der Waals surface area contributed by atoms with Crippen molar-refractivity contribution in [1.82, 2.24) is 0 Å². The summed E-state index contributed by atoms with van der Waals surface area (Å²) in [6, 6.07) is 5.54. The van der Waals surface area contributed by atoms with E-state index in [1.807, 2.05) is 18.2 Å². The Kier molecular flexibility index (Phi) is 2.54. The smallest absolute Gasteiger partial charge is 0.166 e. The van der Waals surface area contributed by atoms with Crippen LogP contribution in [0.2, 0.25) is 0 Å². The molecule has 1 aliphatic heterocycles. The molecule has 3 N–H and O–H groups in total. The van der Waals surface area contributed by atoms with E-state index < -0.39 is 5.54 Å². The molecule has 1 aliphatic rings. The Morgan fingerprint density at radius 2 is 2.13 bits per heavy atom. The van der Waals surface area contributed by atoms with Crippen molar-refractivity contribution in [2.45, 2.75) is 12.5 Å². The third kappa shape index (κ3) is 1.78. The zero-order chi connectivity index (χ0) is 10.9. The minimum absolute atomic E-state index is 0.132. The van der Waals surface area contributed by atoms with E-state index in [4.69, 9.17) is 15.2 Å². The molecule has 1 unspecified atom stereocenters. The summed E-state index contributed by atoms with van der Waals surface area (Å²) in [7, 11) is 0. The minimum atomic E-state index is -0.800. The maximum Gasteiger partial charge on any atom is 0.166 e. The van der Waals surface area contributed by atoms with Crippen molar-refractivity contribution in [2.24, 2.45) is 5.73 Å². The van der Waals surface area contributed by atoms with E-state index >= 15 is 0 Å². The van der Waals surface area contributed by atoms with Crippen LogP contribution in [0.25, 0.3) is 0 Å². The molecule has 0 fully saturated rings. The van der Waals surface area contributed by atoms with Crippen molar-refractivity contribution < 1.29 is 14.6 Å². The molecule has 15 heavy (non-hydrogen) atoms. The van der Waals surface area contributed by atoms with Gasteiger partial charge in [0.05, 0.1) is 12.1 Å². The minimum Gasteiger partial charge on any atom is -0.486 e. The van der Waals surface area contributed by atoms with Gasteiger partial charge in [-0.25, -0.2) is 0 Å². The van der Waals surface area contributed by atoms with Crippen LogP contribution in [0.4, 0.5) is 0 Å². The fraction of sp³-hybridized carbons (Fsp3) is 0.455. The van der Waals surface area contributed by atoms with Crippen molar-refractivity contribution in [2.75, 3.05) is 19.8 Å². The van der Waals surface area contributed by atoms with Gasteiger partial charge in [-0.1, -0.05) is 12.1 Å². The molecule has 1 heterocycles. The van der Waals surface area contributed by atoms with Gasteiger partial charge in [0.15, 0.2) is 11.5 Å². The first-order valence-electron chi connectivity index (χ1n) is 4.94. The lowest BCUT2D eigenvalue weighted by atomic mass is 9.93. The number of fused-ring (bicyclic) bond motifs is 1. The third-order valence-electron chi connectivity index (χ3n) is 2.51. The van der Waals surface area contributed by atoms with Gasteiger partial charge in [-0.3, -0.25) is 0 Å². The van der Waals surface area contributed by atoms with Gasteiger partial charge in [0.1, 0.15) is 13.2 Å². The maximum atomic E-state index is 9.23. The van der Waals surface area contributed by atoms with Gasteiger partial charge in [-0.15, -0.1) is 0 Å². The monoisotopic (exact) mass is 209 g/mol. The van der Waals surface area contributed by atoms with Crippen LogP contribution in [0.1, 0.15) is 12.5 Å². The van der Waals surface area contributed by atoms with Gasteiger partial charge in [0.2, 0.25) is 0 Å². The van der Waals surface area contributed by atoms with Crippen LogP contribution in [0.3, 0.4) is 0 Å². The van der Waals surface area contributed by atoms with Crippen LogP contribution in [-0.2, 0) is 5.54 Å². The molecule has 82 valence electrons. The average Bonchev–Trinajstić information content (AvgIpc) is 2.28. The van der Waals surface area contributed by atoms with Crippen molar-refractivity contribution in [3.63, 3.8) is 0 Å². The summed E-state index contributed by atoms with van der Waals surface area (Å²) in [6.45, 7) is 2.70. The van der Waals surface area contributed by atoms with E-state index in [-0.39, 0.29) is 6.61 Å². The first kappa shape index (κ1) is 10.3. The summed E-state index contributed by atoms with van der Waals surface area (Å²) in [5.74, 6) is 1.35. The second kappa shape index (κ2) is 3.72. The number of aliphatic hydroxyl groups is 1. The zero-order valence-electron chi connectivity index (χ0n) is 8.69. The van der Waals surface area contributed by atoms with E-state index in [9.17, 15) is 5.11 Å². The number of ether oxygens (including phenoxy) is 2. The van der Waals surface area contributed by atoms with E-state index in [0.29, 0.717) is 24.7 Å². The van der Waals surface area contributed by atoms with E-state index in [2.05, 4.69) is 0 Å². The fourth-order valence-electron chi connectivity index (χ4n) is 1.61. The first-order valence-corrected chi connectivity index (χ1v) is 4.94. The summed E-state index contributed by atoms with van der Waals surface area (Å²) < 4.78 is 11.0. The van der Waals surface area contributed by atoms with Gasteiger partial charge in [0.25, 0.3) is 0 Å². The topological polar surface area (TPSA) is 64.7 Å². The Morgan fingerprint density at radius 1 is 1.40 bits per heavy atom. The Bertz CT molecular complexity index is 363. The molecule has 0 aromatic heterocycles. The number of benzene rings is 1. The molecule has 0 amide bonds. The van der Waals surface area contributed by atoms with Gasteiger partial charge in [0, 0.05) is 5.56 Å². The molecular formula is C11H15NO3. The lowest BCUT2D eigenvalue weighted by Gasteiger charge is -2.28. The van der Waals surface area contributed by atoms with E-state index in [0.717, 1.165) is 5.56 Å². The summed E-state index contributed by atoms with van der Waals surface area (Å²) >= 11 is 0. The molecule has 4 nitrogen and oxygen atoms in total. The van der Waals surface area contributed by atoms with Crippen LogP contribution in [0, 0.1) is 0 Å². The average molecular weight is 209 g/mol. The molecule has 0 saturated heterocycles. The van der Waals surface area contributed by atoms with Crippen molar-refractivity contribution >= 4 is 0 Å². The standard InChI is InChI=1S/C11H15NO3/c1-11(12,7-13)8-3-2-4-9-10(8)15-6-5-14-9/h2-4,13H,5-7,12H2,1H3. The molecule has 4 heteroatoms. The highest BCUT2D eigenvalue weighted by Crippen LogP contribution is 2.37. The lowest BCUT2D eigenvalue weighted by Crippen LogP contribution is -2.38. The highest BCUT2D eigenvalue weighted by atomic mass is 16.6. The highest BCUT2D eigenvalue weighted by molar-refractivity contribution is 5.50. The first-order chi connectivity index (χ1) is 7.15. The van der Waals surface area contributed by atoms with Crippen molar-refractivity contribution in [1.29, 1.82) is 0 Å². The molecule has 2 rings (SSSR count). The van der Waals surface area contributed by atoms with Crippen molar-refractivity contribution in [3.8, 4) is 11.5 Å². The number of rotatable bonds is 2. The maximum absolute atomic E-state index is 9.23.